The third kappa shape index (κ3) is 5.41. The molecule has 2 amide bonds. The minimum Gasteiger partial charge on any atom is -0.396 e. The Balaban J connectivity index is 1.36. The Kier molecular flexibility index (Phi) is 6.64. The van der Waals surface area contributed by atoms with Crippen LogP contribution in [0.4, 0.5) is 4.79 Å². The Morgan fingerprint density at radius 2 is 1.96 bits per heavy atom. The zero-order valence-electron chi connectivity index (χ0n) is 14.9. The lowest BCUT2D eigenvalue weighted by Gasteiger charge is -2.36. The lowest BCUT2D eigenvalue weighted by molar-refractivity contribution is 0.124. The van der Waals surface area contributed by atoms with E-state index in [1.54, 1.807) is 0 Å². The van der Waals surface area contributed by atoms with Crippen molar-refractivity contribution in [3.63, 3.8) is 0 Å². The molecule has 1 unspecified atom stereocenters. The molecule has 1 atom stereocenters. The van der Waals surface area contributed by atoms with Crippen molar-refractivity contribution >= 4 is 6.03 Å². The number of carbonyl (C=O) groups excluding carboxylic acids is 1. The fourth-order valence-corrected chi connectivity index (χ4v) is 3.80. The first kappa shape index (κ1) is 18.1. The van der Waals surface area contributed by atoms with Gasteiger partial charge in [-0.3, -0.25) is 4.98 Å². The minimum absolute atomic E-state index is 0.0494. The van der Waals surface area contributed by atoms with Gasteiger partial charge in [-0.1, -0.05) is 0 Å². The van der Waals surface area contributed by atoms with Crippen LogP contribution in [-0.4, -0.2) is 71.3 Å². The van der Waals surface area contributed by atoms with Gasteiger partial charge in [0, 0.05) is 57.8 Å². The molecule has 3 heterocycles. The molecular formula is C19H30N4O2. The molecule has 25 heavy (non-hydrogen) atoms. The molecule has 0 saturated carbocycles. The quantitative estimate of drug-likeness (QED) is 0.848. The number of aromatic nitrogens is 1. The number of urea groups is 1. The van der Waals surface area contributed by atoms with E-state index in [-0.39, 0.29) is 24.6 Å². The number of amides is 2. The van der Waals surface area contributed by atoms with E-state index in [1.165, 1.54) is 5.56 Å². The van der Waals surface area contributed by atoms with Gasteiger partial charge in [-0.25, -0.2) is 4.79 Å². The summed E-state index contributed by atoms with van der Waals surface area (Å²) in [6.45, 7) is 4.82. The molecule has 2 fully saturated rings. The Bertz CT molecular complexity index is 531. The monoisotopic (exact) mass is 346 g/mol. The van der Waals surface area contributed by atoms with Crippen molar-refractivity contribution in [3.05, 3.63) is 30.1 Å². The van der Waals surface area contributed by atoms with E-state index in [0.717, 1.165) is 58.3 Å². The van der Waals surface area contributed by atoms with Crippen LogP contribution in [0.25, 0.3) is 0 Å². The number of hydrogen-bond donors (Lipinski definition) is 2. The smallest absolute Gasteiger partial charge is 0.317 e. The number of nitrogens with zero attached hydrogens (tertiary/aromatic N) is 3. The lowest BCUT2D eigenvalue weighted by Crippen LogP contribution is -2.51. The van der Waals surface area contributed by atoms with E-state index in [2.05, 4.69) is 27.3 Å². The highest BCUT2D eigenvalue weighted by Crippen LogP contribution is 2.17. The number of piperidine rings is 2. The average Bonchev–Trinajstić information content (AvgIpc) is 2.68. The molecule has 138 valence electrons. The van der Waals surface area contributed by atoms with Gasteiger partial charge in [0.15, 0.2) is 0 Å². The number of carbonyl (C=O) groups is 1. The number of likely N-dealkylation sites (tertiary alicyclic amines) is 2. The van der Waals surface area contributed by atoms with Crippen molar-refractivity contribution in [3.8, 4) is 0 Å². The van der Waals surface area contributed by atoms with Crippen molar-refractivity contribution in [1.29, 1.82) is 0 Å². The summed E-state index contributed by atoms with van der Waals surface area (Å²) < 4.78 is 0. The van der Waals surface area contributed by atoms with Crippen LogP contribution >= 0.6 is 0 Å². The Hall–Kier alpha value is -1.66. The first-order chi connectivity index (χ1) is 12.2. The summed E-state index contributed by atoms with van der Waals surface area (Å²) >= 11 is 0. The maximum atomic E-state index is 12.4. The van der Waals surface area contributed by atoms with Gasteiger partial charge in [0.05, 0.1) is 0 Å². The molecule has 1 aromatic heterocycles. The van der Waals surface area contributed by atoms with Gasteiger partial charge in [0.25, 0.3) is 0 Å². The fourth-order valence-electron chi connectivity index (χ4n) is 3.80. The second-order valence-corrected chi connectivity index (χ2v) is 7.31. The molecule has 6 nitrogen and oxygen atoms in total. The normalized spacial score (nSPS) is 22.8. The van der Waals surface area contributed by atoms with Crippen molar-refractivity contribution in [2.24, 2.45) is 5.92 Å². The molecule has 3 rings (SSSR count). The maximum Gasteiger partial charge on any atom is 0.317 e. The van der Waals surface area contributed by atoms with Crippen LogP contribution in [0.1, 0.15) is 31.2 Å². The van der Waals surface area contributed by atoms with Gasteiger partial charge in [0.1, 0.15) is 0 Å². The lowest BCUT2D eigenvalue weighted by atomic mass is 9.99. The highest BCUT2D eigenvalue weighted by Gasteiger charge is 2.26. The third-order valence-corrected chi connectivity index (χ3v) is 5.45. The standard InChI is InChI=1S/C19H30N4O2/c24-15-17-2-1-10-23(14-17)19(25)21-18-6-12-22(13-7-18)11-5-16-3-8-20-9-4-16/h3-4,8-9,17-18,24H,1-2,5-7,10-15H2,(H,21,25). The Labute approximate surface area is 150 Å². The molecule has 2 N–H and O–H groups in total. The fraction of sp³-hybridized carbons (Fsp3) is 0.684. The van der Waals surface area contributed by atoms with Crippen molar-refractivity contribution in [2.45, 2.75) is 38.1 Å². The molecular weight excluding hydrogens is 316 g/mol. The summed E-state index contributed by atoms with van der Waals surface area (Å²) in [5, 5.41) is 12.5. The van der Waals surface area contributed by atoms with Gasteiger partial charge < -0.3 is 20.2 Å². The van der Waals surface area contributed by atoms with Crippen molar-refractivity contribution < 1.29 is 9.90 Å². The number of hydrogen-bond acceptors (Lipinski definition) is 4. The highest BCUT2D eigenvalue weighted by molar-refractivity contribution is 5.74. The summed E-state index contributed by atoms with van der Waals surface area (Å²) in [5.41, 5.74) is 1.33. The Morgan fingerprint density at radius 1 is 1.20 bits per heavy atom. The SMILES string of the molecule is O=C(NC1CCN(CCc2ccncc2)CC1)N1CCCC(CO)C1. The van der Waals surface area contributed by atoms with Crippen LogP contribution in [0.5, 0.6) is 0 Å². The molecule has 0 spiro atoms. The average molecular weight is 346 g/mol. The van der Waals surface area contributed by atoms with Crippen LogP contribution in [0.3, 0.4) is 0 Å². The first-order valence-electron chi connectivity index (χ1n) is 9.52. The molecule has 0 aliphatic carbocycles. The maximum absolute atomic E-state index is 12.4. The van der Waals surface area contributed by atoms with Crippen molar-refractivity contribution in [1.82, 2.24) is 20.1 Å². The number of aliphatic hydroxyl groups is 1. The zero-order chi connectivity index (χ0) is 17.5. The van der Waals surface area contributed by atoms with Crippen LogP contribution in [0.15, 0.2) is 24.5 Å². The van der Waals surface area contributed by atoms with Crippen LogP contribution < -0.4 is 5.32 Å². The molecule has 2 aliphatic rings. The summed E-state index contributed by atoms with van der Waals surface area (Å²) in [7, 11) is 0. The second kappa shape index (κ2) is 9.15. The van der Waals surface area contributed by atoms with E-state index in [1.807, 2.05) is 17.3 Å². The predicted octanol–water partition coefficient (Wildman–Crippen LogP) is 1.50. The van der Waals surface area contributed by atoms with Gasteiger partial charge in [0.2, 0.25) is 0 Å². The van der Waals surface area contributed by atoms with Crippen molar-refractivity contribution in [2.75, 3.05) is 39.3 Å². The summed E-state index contributed by atoms with van der Waals surface area (Å²) in [4.78, 5) is 20.8. The molecule has 2 saturated heterocycles. The summed E-state index contributed by atoms with van der Waals surface area (Å²) in [5.74, 6) is 0.245. The van der Waals surface area contributed by atoms with E-state index in [0.29, 0.717) is 6.54 Å². The summed E-state index contributed by atoms with van der Waals surface area (Å²) in [6.07, 6.45) is 8.79. The largest absolute Gasteiger partial charge is 0.396 e. The minimum atomic E-state index is 0.0494. The zero-order valence-corrected chi connectivity index (χ0v) is 14.9. The number of aliphatic hydroxyl groups excluding tert-OH is 1. The van der Waals surface area contributed by atoms with Gasteiger partial charge in [-0.15, -0.1) is 0 Å². The Morgan fingerprint density at radius 3 is 2.68 bits per heavy atom. The van der Waals surface area contributed by atoms with Gasteiger partial charge in [-0.05, 0) is 55.7 Å². The summed E-state index contributed by atoms with van der Waals surface area (Å²) in [6, 6.07) is 4.48. The topological polar surface area (TPSA) is 68.7 Å². The molecule has 0 bridgehead atoms. The number of nitrogens with one attached hydrogen (secondary N) is 1. The number of pyridine rings is 1. The van der Waals surface area contributed by atoms with Crippen LogP contribution in [0.2, 0.25) is 0 Å². The predicted molar refractivity (Wildman–Crippen MR) is 97.3 cm³/mol. The molecule has 2 aliphatic heterocycles. The van der Waals surface area contributed by atoms with Crippen LogP contribution in [-0.2, 0) is 6.42 Å². The molecule has 0 radical (unpaired) electrons. The van der Waals surface area contributed by atoms with Crippen LogP contribution in [0, 0.1) is 5.92 Å². The van der Waals surface area contributed by atoms with E-state index >= 15 is 0 Å². The van der Waals surface area contributed by atoms with E-state index in [4.69, 9.17) is 0 Å². The number of rotatable bonds is 5. The van der Waals surface area contributed by atoms with E-state index < -0.39 is 0 Å². The van der Waals surface area contributed by atoms with E-state index in [9.17, 15) is 9.90 Å². The van der Waals surface area contributed by atoms with Gasteiger partial charge >= 0.3 is 6.03 Å². The third-order valence-electron chi connectivity index (χ3n) is 5.45. The second-order valence-electron chi connectivity index (χ2n) is 7.31. The van der Waals surface area contributed by atoms with Gasteiger partial charge in [-0.2, -0.15) is 0 Å². The molecule has 0 aromatic carbocycles. The highest BCUT2D eigenvalue weighted by atomic mass is 16.3. The molecule has 1 aromatic rings. The molecule has 6 heteroatoms. The first-order valence-corrected chi connectivity index (χ1v) is 9.52.